The van der Waals surface area contributed by atoms with E-state index in [9.17, 15) is 13.2 Å². The van der Waals surface area contributed by atoms with Gasteiger partial charge in [0.2, 0.25) is 0 Å². The van der Waals surface area contributed by atoms with Crippen LogP contribution in [0.1, 0.15) is 11.1 Å². The summed E-state index contributed by atoms with van der Waals surface area (Å²) in [6.45, 7) is -1.34. The molecule has 0 unspecified atom stereocenters. The molecule has 1 aromatic carbocycles. The fourth-order valence-corrected chi connectivity index (χ4v) is 1.67. The monoisotopic (exact) mass is 253 g/mol. The van der Waals surface area contributed by atoms with Gasteiger partial charge in [0.15, 0.2) is 11.6 Å². The molecule has 6 heteroatoms. The van der Waals surface area contributed by atoms with Gasteiger partial charge in [-0.25, -0.2) is 13.2 Å². The van der Waals surface area contributed by atoms with E-state index >= 15 is 0 Å². The smallest absolute Gasteiger partial charge is 0.150 e. The molecule has 0 aromatic heterocycles. The highest BCUT2D eigenvalue weighted by Crippen LogP contribution is 2.33. The predicted octanol–water partition coefficient (Wildman–Crippen LogP) is 3.81. The third-order valence-electron chi connectivity index (χ3n) is 1.83. The number of benzene rings is 1. The summed E-state index contributed by atoms with van der Waals surface area (Å²) >= 11 is 11.0. The number of nitrogens with zero attached hydrogens (tertiary/aromatic N) is 1. The first-order chi connectivity index (χ1) is 7.04. The molecule has 0 aliphatic heterocycles. The van der Waals surface area contributed by atoms with Crippen molar-refractivity contribution >= 4 is 23.2 Å². The summed E-state index contributed by atoms with van der Waals surface area (Å²) in [6.07, 6.45) is -0.335. The number of hydrogen-bond donors (Lipinski definition) is 0. The Kier molecular flexibility index (Phi) is 3.83. The van der Waals surface area contributed by atoms with Crippen molar-refractivity contribution in [3.05, 3.63) is 32.8 Å². The summed E-state index contributed by atoms with van der Waals surface area (Å²) in [7, 11) is 0. The Balaban J connectivity index is 3.53. The molecule has 0 spiro atoms. The molecule has 0 heterocycles. The normalized spacial score (nSPS) is 10.1. The van der Waals surface area contributed by atoms with Gasteiger partial charge in [-0.3, -0.25) is 0 Å². The van der Waals surface area contributed by atoms with Gasteiger partial charge in [-0.2, -0.15) is 5.26 Å². The lowest BCUT2D eigenvalue weighted by Crippen LogP contribution is -2.00. The third-order valence-corrected chi connectivity index (χ3v) is 2.62. The van der Waals surface area contributed by atoms with Gasteiger partial charge in [-0.05, 0) is 0 Å². The average Bonchev–Trinajstić information content (AvgIpc) is 2.23. The topological polar surface area (TPSA) is 23.8 Å². The maximum atomic E-state index is 13.2. The molecule has 0 radical (unpaired) electrons. The molecule has 1 nitrogen and oxygen atoms in total. The van der Waals surface area contributed by atoms with Crippen molar-refractivity contribution in [3.8, 4) is 6.07 Å². The molecule has 15 heavy (non-hydrogen) atoms. The summed E-state index contributed by atoms with van der Waals surface area (Å²) in [4.78, 5) is 0. The Hall–Kier alpha value is -0.920. The van der Waals surface area contributed by atoms with E-state index in [-0.39, 0.29) is 12.0 Å². The Morgan fingerprint density at radius 1 is 1.07 bits per heavy atom. The van der Waals surface area contributed by atoms with Crippen LogP contribution < -0.4 is 0 Å². The fourth-order valence-electron chi connectivity index (χ4n) is 1.07. The molecule has 0 saturated carbocycles. The minimum atomic E-state index is -1.34. The van der Waals surface area contributed by atoms with Crippen molar-refractivity contribution in [3.63, 3.8) is 0 Å². The zero-order chi connectivity index (χ0) is 11.6. The van der Waals surface area contributed by atoms with Crippen LogP contribution in [0, 0.1) is 23.0 Å². The molecule has 0 bridgehead atoms. The molecule has 0 aliphatic rings. The quantitative estimate of drug-likeness (QED) is 0.736. The van der Waals surface area contributed by atoms with E-state index in [1.54, 1.807) is 6.07 Å². The minimum absolute atomic E-state index is 0.159. The van der Waals surface area contributed by atoms with Crippen molar-refractivity contribution in [1.29, 1.82) is 5.26 Å². The van der Waals surface area contributed by atoms with E-state index < -0.39 is 33.9 Å². The van der Waals surface area contributed by atoms with Crippen LogP contribution in [0.15, 0.2) is 0 Å². The molecule has 0 atom stereocenters. The highest BCUT2D eigenvalue weighted by atomic mass is 35.5. The molecule has 0 N–H and O–H groups in total. The van der Waals surface area contributed by atoms with E-state index in [1.165, 1.54) is 0 Å². The highest BCUT2D eigenvalue weighted by molar-refractivity contribution is 6.36. The predicted molar refractivity (Wildman–Crippen MR) is 50.5 cm³/mol. The van der Waals surface area contributed by atoms with Gasteiger partial charge in [-0.15, -0.1) is 0 Å². The van der Waals surface area contributed by atoms with Gasteiger partial charge in [0.05, 0.1) is 28.1 Å². The SMILES string of the molecule is N#CCc1c(Cl)c(F)c(CF)c(F)c1Cl. The van der Waals surface area contributed by atoms with Crippen LogP contribution in [-0.2, 0) is 13.1 Å². The largest absolute Gasteiger partial charge is 0.246 e. The lowest BCUT2D eigenvalue weighted by Gasteiger charge is -2.09. The van der Waals surface area contributed by atoms with Gasteiger partial charge in [0.25, 0.3) is 0 Å². The van der Waals surface area contributed by atoms with E-state index in [4.69, 9.17) is 28.5 Å². The van der Waals surface area contributed by atoms with Gasteiger partial charge >= 0.3 is 0 Å². The second kappa shape index (κ2) is 4.73. The number of nitriles is 1. The summed E-state index contributed by atoms with van der Waals surface area (Å²) in [5, 5.41) is 7.38. The lowest BCUT2D eigenvalue weighted by molar-refractivity contribution is 0.439. The second-order valence-corrected chi connectivity index (χ2v) is 3.44. The molecule has 1 aromatic rings. The maximum Gasteiger partial charge on any atom is 0.150 e. The zero-order valence-corrected chi connectivity index (χ0v) is 8.76. The zero-order valence-electron chi connectivity index (χ0n) is 7.25. The first-order valence-electron chi connectivity index (χ1n) is 3.81. The summed E-state index contributed by atoms with van der Waals surface area (Å²) < 4.78 is 38.8. The molecule has 0 amide bonds. The highest BCUT2D eigenvalue weighted by Gasteiger charge is 2.22. The number of halogens is 5. The van der Waals surface area contributed by atoms with Crippen LogP contribution in [0.3, 0.4) is 0 Å². The van der Waals surface area contributed by atoms with Gasteiger partial charge in [0.1, 0.15) is 6.67 Å². The number of rotatable bonds is 2. The van der Waals surface area contributed by atoms with Crippen LogP contribution in [0.5, 0.6) is 0 Å². The van der Waals surface area contributed by atoms with Crippen molar-refractivity contribution in [2.75, 3.05) is 0 Å². The Morgan fingerprint density at radius 3 is 1.87 bits per heavy atom. The van der Waals surface area contributed by atoms with Crippen molar-refractivity contribution in [2.24, 2.45) is 0 Å². The minimum Gasteiger partial charge on any atom is -0.246 e. The van der Waals surface area contributed by atoms with E-state index in [2.05, 4.69) is 0 Å². The van der Waals surface area contributed by atoms with Crippen molar-refractivity contribution in [2.45, 2.75) is 13.1 Å². The average molecular weight is 254 g/mol. The van der Waals surface area contributed by atoms with Crippen LogP contribution in [0.4, 0.5) is 13.2 Å². The molecule has 1 rings (SSSR count). The Labute approximate surface area is 94.0 Å². The standard InChI is InChI=1S/C9H4Cl2F3N/c10-6-4(1-2-15)7(11)9(14)5(3-12)8(6)13/h1,3H2. The molecule has 0 fully saturated rings. The van der Waals surface area contributed by atoms with Crippen molar-refractivity contribution in [1.82, 2.24) is 0 Å². The molecular formula is C9H4Cl2F3N. The summed E-state index contributed by atoms with van der Waals surface area (Å²) in [5.41, 5.74) is -0.972. The maximum absolute atomic E-state index is 13.2. The van der Waals surface area contributed by atoms with Crippen LogP contribution in [-0.4, -0.2) is 0 Å². The molecule has 0 saturated heterocycles. The first kappa shape index (κ1) is 12.2. The number of hydrogen-bond acceptors (Lipinski definition) is 1. The third kappa shape index (κ3) is 2.04. The van der Waals surface area contributed by atoms with Gasteiger partial charge in [0, 0.05) is 5.56 Å². The fraction of sp³-hybridized carbons (Fsp3) is 0.222. The molecular weight excluding hydrogens is 250 g/mol. The summed E-state index contributed by atoms with van der Waals surface area (Å²) in [6, 6.07) is 1.66. The van der Waals surface area contributed by atoms with E-state index in [1.807, 2.05) is 0 Å². The lowest BCUT2D eigenvalue weighted by atomic mass is 10.1. The van der Waals surface area contributed by atoms with Crippen LogP contribution >= 0.6 is 23.2 Å². The molecule has 0 aliphatic carbocycles. The van der Waals surface area contributed by atoms with Gasteiger partial charge in [-0.1, -0.05) is 23.2 Å². The Morgan fingerprint density at radius 2 is 1.53 bits per heavy atom. The Bertz CT molecular complexity index is 411. The van der Waals surface area contributed by atoms with E-state index in [0.29, 0.717) is 0 Å². The van der Waals surface area contributed by atoms with Gasteiger partial charge < -0.3 is 0 Å². The van der Waals surface area contributed by atoms with Crippen LogP contribution in [0.25, 0.3) is 0 Å². The van der Waals surface area contributed by atoms with Crippen molar-refractivity contribution < 1.29 is 13.2 Å². The van der Waals surface area contributed by atoms with E-state index in [0.717, 1.165) is 0 Å². The second-order valence-electron chi connectivity index (χ2n) is 2.68. The van der Waals surface area contributed by atoms with Crippen LogP contribution in [0.2, 0.25) is 10.0 Å². The molecule has 80 valence electrons. The number of alkyl halides is 1. The first-order valence-corrected chi connectivity index (χ1v) is 4.56. The summed E-state index contributed by atoms with van der Waals surface area (Å²) in [5.74, 6) is -2.40.